The fourth-order valence-corrected chi connectivity index (χ4v) is 3.89. The number of halogens is 3. The maximum atomic E-state index is 12.7. The van der Waals surface area contributed by atoms with Gasteiger partial charge in [-0.2, -0.15) is 13.2 Å². The summed E-state index contributed by atoms with van der Waals surface area (Å²) in [5.74, 6) is 0.663. The number of likely N-dealkylation sites (tertiary alicyclic amines) is 1. The molecule has 2 atom stereocenters. The van der Waals surface area contributed by atoms with Crippen molar-refractivity contribution in [3.63, 3.8) is 0 Å². The van der Waals surface area contributed by atoms with E-state index in [0.29, 0.717) is 17.1 Å². The van der Waals surface area contributed by atoms with Gasteiger partial charge in [0.2, 0.25) is 5.91 Å². The summed E-state index contributed by atoms with van der Waals surface area (Å²) in [6, 6.07) is 6.45. The Kier molecular flexibility index (Phi) is 4.18. The first-order valence-electron chi connectivity index (χ1n) is 8.82. The van der Waals surface area contributed by atoms with Crippen molar-refractivity contribution in [2.24, 2.45) is 0 Å². The minimum atomic E-state index is -4.36. The van der Waals surface area contributed by atoms with Crippen molar-refractivity contribution >= 4 is 5.91 Å². The maximum absolute atomic E-state index is 12.7. The lowest BCUT2D eigenvalue weighted by Crippen LogP contribution is -2.47. The molecule has 4 rings (SSSR count). The molecule has 2 aliphatic rings. The number of carbonyl (C=O) groups excluding carboxylic acids is 1. The molecule has 1 aromatic heterocycles. The summed E-state index contributed by atoms with van der Waals surface area (Å²) in [5.41, 5.74) is -0.0705. The SMILES string of the molecule is CN1CC[C@@]2(CC[C@H](c3nccc(-c4ccc(C(F)(F)F)cc4)n3)N2)C1=O.[HH]. The molecule has 8 heteroatoms. The lowest BCUT2D eigenvalue weighted by molar-refractivity contribution is -0.137. The summed E-state index contributed by atoms with van der Waals surface area (Å²) < 4.78 is 38.2. The summed E-state index contributed by atoms with van der Waals surface area (Å²) in [6.07, 6.45) is -0.523. The van der Waals surface area contributed by atoms with Gasteiger partial charge in [0.1, 0.15) is 11.4 Å². The molecule has 2 saturated heterocycles. The van der Waals surface area contributed by atoms with E-state index in [-0.39, 0.29) is 13.4 Å². The van der Waals surface area contributed by atoms with E-state index in [1.54, 1.807) is 24.2 Å². The maximum Gasteiger partial charge on any atom is 0.416 e. The van der Waals surface area contributed by atoms with Crippen LogP contribution in [0.1, 0.15) is 38.1 Å². The van der Waals surface area contributed by atoms with Crippen LogP contribution in [-0.2, 0) is 11.0 Å². The molecular formula is C19H21F3N4O. The smallest absolute Gasteiger partial charge is 0.344 e. The first-order valence-corrected chi connectivity index (χ1v) is 8.82. The number of hydrogen-bond donors (Lipinski definition) is 1. The Morgan fingerprint density at radius 2 is 1.96 bits per heavy atom. The van der Waals surface area contributed by atoms with Gasteiger partial charge in [0, 0.05) is 26.8 Å². The Bertz CT molecular complexity index is 874. The summed E-state index contributed by atoms with van der Waals surface area (Å²) in [5, 5.41) is 3.41. The highest BCUT2D eigenvalue weighted by Gasteiger charge is 2.50. The van der Waals surface area contributed by atoms with Crippen LogP contribution in [0.25, 0.3) is 11.3 Å². The predicted octanol–water partition coefficient (Wildman–Crippen LogP) is 3.43. The van der Waals surface area contributed by atoms with Gasteiger partial charge in [-0.3, -0.25) is 10.1 Å². The molecule has 1 N–H and O–H groups in total. The minimum absolute atomic E-state index is 0. The highest BCUT2D eigenvalue weighted by molar-refractivity contribution is 5.88. The van der Waals surface area contributed by atoms with Crippen molar-refractivity contribution in [1.29, 1.82) is 0 Å². The molecule has 0 radical (unpaired) electrons. The van der Waals surface area contributed by atoms with E-state index < -0.39 is 17.3 Å². The fourth-order valence-electron chi connectivity index (χ4n) is 3.89. The molecule has 1 amide bonds. The molecule has 2 fully saturated rings. The van der Waals surface area contributed by atoms with Crippen LogP contribution in [-0.4, -0.2) is 39.9 Å². The monoisotopic (exact) mass is 378 g/mol. The zero-order chi connectivity index (χ0) is 19.2. The Morgan fingerprint density at radius 3 is 2.59 bits per heavy atom. The number of carbonyl (C=O) groups is 1. The molecular weight excluding hydrogens is 357 g/mol. The molecule has 0 unspecified atom stereocenters. The van der Waals surface area contributed by atoms with Crippen LogP contribution in [0.2, 0.25) is 0 Å². The number of aromatic nitrogens is 2. The van der Waals surface area contributed by atoms with Gasteiger partial charge >= 0.3 is 6.18 Å². The summed E-state index contributed by atoms with van der Waals surface area (Å²) in [7, 11) is 1.80. The number of nitrogens with one attached hydrogen (secondary N) is 1. The van der Waals surface area contributed by atoms with Gasteiger partial charge in [-0.05, 0) is 37.5 Å². The summed E-state index contributed by atoms with van der Waals surface area (Å²) >= 11 is 0. The van der Waals surface area contributed by atoms with Crippen molar-refractivity contribution in [2.75, 3.05) is 13.6 Å². The third kappa shape index (κ3) is 3.18. The quantitative estimate of drug-likeness (QED) is 0.870. The molecule has 0 bridgehead atoms. The van der Waals surface area contributed by atoms with Gasteiger partial charge in [-0.15, -0.1) is 0 Å². The summed E-state index contributed by atoms with van der Waals surface area (Å²) in [6.45, 7) is 0.727. The topological polar surface area (TPSA) is 58.1 Å². The van der Waals surface area contributed by atoms with Gasteiger partial charge in [0.15, 0.2) is 0 Å². The number of likely N-dealkylation sites (N-methyl/N-ethyl adjacent to an activating group) is 1. The number of alkyl halides is 3. The molecule has 27 heavy (non-hydrogen) atoms. The van der Waals surface area contributed by atoms with Gasteiger partial charge in [-0.1, -0.05) is 12.1 Å². The van der Waals surface area contributed by atoms with Crippen LogP contribution in [0.3, 0.4) is 0 Å². The highest BCUT2D eigenvalue weighted by Crippen LogP contribution is 2.38. The van der Waals surface area contributed by atoms with E-state index in [0.717, 1.165) is 37.9 Å². The van der Waals surface area contributed by atoms with Crippen LogP contribution in [0.15, 0.2) is 36.5 Å². The molecule has 2 aromatic rings. The van der Waals surface area contributed by atoms with Crippen molar-refractivity contribution in [2.45, 2.75) is 37.0 Å². The Hall–Kier alpha value is -2.48. The number of hydrogen-bond acceptors (Lipinski definition) is 4. The predicted molar refractivity (Wildman–Crippen MR) is 94.7 cm³/mol. The molecule has 1 aromatic carbocycles. The first-order chi connectivity index (χ1) is 12.8. The zero-order valence-corrected chi connectivity index (χ0v) is 14.8. The van der Waals surface area contributed by atoms with Crippen LogP contribution in [0.5, 0.6) is 0 Å². The molecule has 2 aliphatic heterocycles. The van der Waals surface area contributed by atoms with Crippen molar-refractivity contribution in [3.8, 4) is 11.3 Å². The van der Waals surface area contributed by atoms with Gasteiger partial charge < -0.3 is 4.90 Å². The van der Waals surface area contributed by atoms with E-state index in [4.69, 9.17) is 0 Å². The normalized spacial score (nSPS) is 25.6. The van der Waals surface area contributed by atoms with Gasteiger partial charge in [0.25, 0.3) is 0 Å². The summed E-state index contributed by atoms with van der Waals surface area (Å²) in [4.78, 5) is 23.0. The van der Waals surface area contributed by atoms with E-state index in [2.05, 4.69) is 15.3 Å². The third-order valence-electron chi connectivity index (χ3n) is 5.43. The van der Waals surface area contributed by atoms with Crippen LogP contribution in [0.4, 0.5) is 13.2 Å². The number of nitrogens with zero attached hydrogens (tertiary/aromatic N) is 3. The third-order valence-corrected chi connectivity index (χ3v) is 5.43. The van der Waals surface area contributed by atoms with Crippen molar-refractivity contribution in [3.05, 3.63) is 47.9 Å². The van der Waals surface area contributed by atoms with Gasteiger partial charge in [-0.25, -0.2) is 9.97 Å². The zero-order valence-electron chi connectivity index (χ0n) is 14.8. The molecule has 0 saturated carbocycles. The average Bonchev–Trinajstić information content (AvgIpc) is 3.21. The van der Waals surface area contributed by atoms with E-state index in [9.17, 15) is 18.0 Å². The Morgan fingerprint density at radius 1 is 1.22 bits per heavy atom. The lowest BCUT2D eigenvalue weighted by atomic mass is 9.96. The molecule has 1 spiro atoms. The lowest BCUT2D eigenvalue weighted by Gasteiger charge is -2.23. The Balaban J connectivity index is 0.00000225. The Labute approximate surface area is 156 Å². The number of amides is 1. The van der Waals surface area contributed by atoms with Gasteiger partial charge in [0.05, 0.1) is 17.3 Å². The molecule has 5 nitrogen and oxygen atoms in total. The van der Waals surface area contributed by atoms with Crippen molar-refractivity contribution in [1.82, 2.24) is 20.2 Å². The van der Waals surface area contributed by atoms with E-state index in [1.807, 2.05) is 0 Å². The second-order valence-corrected chi connectivity index (χ2v) is 7.17. The highest BCUT2D eigenvalue weighted by atomic mass is 19.4. The minimum Gasteiger partial charge on any atom is -0.344 e. The second kappa shape index (κ2) is 6.30. The standard InChI is InChI=1S/C19H19F3N4O.H2/c1-26-11-9-18(17(26)27)8-6-15(25-18)16-23-10-7-14(24-16)12-2-4-13(5-3-12)19(20,21)22;/h2-5,7,10,15,25H,6,8-9,11H2,1H3;1H/t15-,18+;/m1./s1. The molecule has 0 aliphatic carbocycles. The first kappa shape index (κ1) is 17.9. The largest absolute Gasteiger partial charge is 0.416 e. The average molecular weight is 378 g/mol. The van der Waals surface area contributed by atoms with E-state index in [1.165, 1.54) is 12.1 Å². The number of rotatable bonds is 2. The molecule has 3 heterocycles. The van der Waals surface area contributed by atoms with Crippen LogP contribution in [0, 0.1) is 0 Å². The second-order valence-electron chi connectivity index (χ2n) is 7.17. The molecule has 144 valence electrons. The van der Waals surface area contributed by atoms with Crippen LogP contribution >= 0.6 is 0 Å². The van der Waals surface area contributed by atoms with Crippen molar-refractivity contribution < 1.29 is 19.4 Å². The van der Waals surface area contributed by atoms with E-state index >= 15 is 0 Å². The van der Waals surface area contributed by atoms with Crippen LogP contribution < -0.4 is 5.32 Å². The fraction of sp³-hybridized carbons (Fsp3) is 0.421. The number of benzene rings is 1.